The number of alkyl halides is 3. The van der Waals surface area contributed by atoms with E-state index in [0.29, 0.717) is 12.3 Å². The number of halogens is 3. The van der Waals surface area contributed by atoms with Crippen molar-refractivity contribution in [1.82, 2.24) is 5.32 Å². The smallest absolute Gasteiger partial charge is 0.490 e. The normalized spacial score (nSPS) is 12.0. The molecule has 1 heterocycles. The van der Waals surface area contributed by atoms with Gasteiger partial charge in [0.25, 0.3) is 5.91 Å². The number of carbonyl (C=O) groups is 3. The van der Waals surface area contributed by atoms with Gasteiger partial charge in [0.05, 0.1) is 18.4 Å². The number of hydrogen-bond donors (Lipinski definition) is 3. The standard InChI is InChI=1S/C19H21NO4S3.C2HF3O2/c1-24-14-4-5-15-12(10-14)2-3-13-11-16(27-18(13)15)19(23)20-7-9-26-25-8-6-17(21)22;3-2(4,5)1(6)7/h4-5,10-11H,2-3,6-9H2,1H3,(H,20,23)(H,21,22);(H,6,7). The molecule has 13 heteroatoms. The molecule has 7 nitrogen and oxygen atoms in total. The molecule has 2 aromatic rings. The zero-order chi connectivity index (χ0) is 25.3. The highest BCUT2D eigenvalue weighted by Gasteiger charge is 2.38. The van der Waals surface area contributed by atoms with Crippen LogP contribution in [0.3, 0.4) is 0 Å². The number of carboxylic acid groups (broad SMARTS) is 2. The highest BCUT2D eigenvalue weighted by atomic mass is 33.1. The van der Waals surface area contributed by atoms with Crippen LogP contribution in [0.25, 0.3) is 10.4 Å². The number of aryl methyl sites for hydroxylation is 2. The first-order valence-electron chi connectivity index (χ1n) is 9.87. The zero-order valence-electron chi connectivity index (χ0n) is 17.9. The fourth-order valence-electron chi connectivity index (χ4n) is 2.89. The summed E-state index contributed by atoms with van der Waals surface area (Å²) in [5.41, 5.74) is 3.71. The lowest BCUT2D eigenvalue weighted by Gasteiger charge is -2.16. The minimum absolute atomic E-state index is 0.0411. The molecule has 1 amide bonds. The van der Waals surface area contributed by atoms with Crippen LogP contribution in [-0.4, -0.2) is 59.4 Å². The molecule has 186 valence electrons. The molecule has 0 spiro atoms. The third-order valence-electron chi connectivity index (χ3n) is 4.45. The molecule has 1 aliphatic rings. The first-order valence-corrected chi connectivity index (χ1v) is 13.2. The summed E-state index contributed by atoms with van der Waals surface area (Å²) in [6.07, 6.45) is -3.02. The second kappa shape index (κ2) is 12.9. The second-order valence-corrected chi connectivity index (χ2v) is 10.6. The van der Waals surface area contributed by atoms with Crippen LogP contribution in [0.5, 0.6) is 5.75 Å². The lowest BCUT2D eigenvalue weighted by atomic mass is 9.91. The van der Waals surface area contributed by atoms with E-state index in [0.717, 1.165) is 29.2 Å². The summed E-state index contributed by atoms with van der Waals surface area (Å²) in [6, 6.07) is 8.14. The van der Waals surface area contributed by atoms with Crippen molar-refractivity contribution >= 4 is 50.8 Å². The number of carboxylic acids is 2. The van der Waals surface area contributed by atoms with Gasteiger partial charge in [0.15, 0.2) is 0 Å². The van der Waals surface area contributed by atoms with Crippen LogP contribution < -0.4 is 10.1 Å². The molecule has 0 bridgehead atoms. The van der Waals surface area contributed by atoms with Crippen LogP contribution in [0.4, 0.5) is 13.2 Å². The summed E-state index contributed by atoms with van der Waals surface area (Å²) in [4.78, 5) is 33.7. The Bertz CT molecular complexity index is 1030. The van der Waals surface area contributed by atoms with Gasteiger partial charge in [0.2, 0.25) is 0 Å². The number of fused-ring (bicyclic) bond motifs is 3. The van der Waals surface area contributed by atoms with E-state index in [1.54, 1.807) is 29.2 Å². The van der Waals surface area contributed by atoms with Crippen LogP contribution >= 0.6 is 32.9 Å². The quantitative estimate of drug-likeness (QED) is 0.311. The second-order valence-electron chi connectivity index (χ2n) is 6.83. The number of rotatable bonds is 9. The molecule has 0 fully saturated rings. The maximum absolute atomic E-state index is 12.4. The molecule has 1 aromatic carbocycles. The van der Waals surface area contributed by atoms with E-state index in [2.05, 4.69) is 17.4 Å². The van der Waals surface area contributed by atoms with Crippen molar-refractivity contribution in [3.8, 4) is 16.2 Å². The third kappa shape index (κ3) is 8.44. The molecule has 0 unspecified atom stereocenters. The average Bonchev–Trinajstić information content (AvgIpc) is 3.22. The van der Waals surface area contributed by atoms with E-state index in [9.17, 15) is 22.8 Å². The predicted octanol–water partition coefficient (Wildman–Crippen LogP) is 4.74. The van der Waals surface area contributed by atoms with E-state index >= 15 is 0 Å². The summed E-state index contributed by atoms with van der Waals surface area (Å²) >= 11 is 1.54. The largest absolute Gasteiger partial charge is 0.497 e. The topological polar surface area (TPSA) is 113 Å². The van der Waals surface area contributed by atoms with E-state index in [1.807, 2.05) is 12.1 Å². The Morgan fingerprint density at radius 1 is 1.09 bits per heavy atom. The SMILES string of the molecule is COc1ccc2c(c1)CCc1cc(C(=O)NCCSSCCC(=O)O)sc1-2.O=C(O)C(F)(F)F. The van der Waals surface area contributed by atoms with E-state index in [-0.39, 0.29) is 12.3 Å². The molecule has 0 atom stereocenters. The van der Waals surface area contributed by atoms with Gasteiger partial charge in [0, 0.05) is 22.9 Å². The van der Waals surface area contributed by atoms with Crippen LogP contribution in [0.1, 0.15) is 27.2 Å². The minimum atomic E-state index is -5.08. The number of benzene rings is 1. The molecule has 1 aromatic heterocycles. The van der Waals surface area contributed by atoms with E-state index in [1.165, 1.54) is 32.4 Å². The van der Waals surface area contributed by atoms with Crippen molar-refractivity contribution in [3.05, 3.63) is 40.3 Å². The van der Waals surface area contributed by atoms with E-state index < -0.39 is 18.1 Å². The average molecular weight is 538 g/mol. The Kier molecular flexibility index (Phi) is 10.6. The van der Waals surface area contributed by atoms with Crippen molar-refractivity contribution in [1.29, 1.82) is 0 Å². The number of methoxy groups -OCH3 is 1. The molecule has 3 rings (SSSR count). The van der Waals surface area contributed by atoms with Gasteiger partial charge in [-0.1, -0.05) is 21.6 Å². The maximum Gasteiger partial charge on any atom is 0.490 e. The molecule has 1 aliphatic carbocycles. The highest BCUT2D eigenvalue weighted by molar-refractivity contribution is 8.76. The zero-order valence-corrected chi connectivity index (χ0v) is 20.4. The maximum atomic E-state index is 12.4. The lowest BCUT2D eigenvalue weighted by Crippen LogP contribution is -2.24. The molecule has 3 N–H and O–H groups in total. The Hall–Kier alpha value is -2.38. The number of thiophene rings is 1. The van der Waals surface area contributed by atoms with Gasteiger partial charge in [0.1, 0.15) is 5.75 Å². The summed E-state index contributed by atoms with van der Waals surface area (Å²) in [5, 5.41) is 18.7. The molecule has 0 aliphatic heterocycles. The minimum Gasteiger partial charge on any atom is -0.497 e. The fraction of sp³-hybridized carbons (Fsp3) is 0.381. The number of aliphatic carboxylic acids is 2. The summed E-state index contributed by atoms with van der Waals surface area (Å²) in [5.74, 6) is -1.38. The number of amides is 1. The predicted molar refractivity (Wildman–Crippen MR) is 127 cm³/mol. The number of hydrogen-bond acceptors (Lipinski definition) is 7. The van der Waals surface area contributed by atoms with Crippen LogP contribution in [0, 0.1) is 0 Å². The number of nitrogens with one attached hydrogen (secondary N) is 1. The van der Waals surface area contributed by atoms with Gasteiger partial charge in [-0.15, -0.1) is 11.3 Å². The molecular weight excluding hydrogens is 515 g/mol. The Labute approximate surface area is 205 Å². The van der Waals surface area contributed by atoms with Gasteiger partial charge in [-0.05, 0) is 53.8 Å². The van der Waals surface area contributed by atoms with E-state index in [4.69, 9.17) is 19.7 Å². The Morgan fingerprint density at radius 2 is 1.74 bits per heavy atom. The Morgan fingerprint density at radius 3 is 2.35 bits per heavy atom. The van der Waals surface area contributed by atoms with Gasteiger partial charge in [-0.2, -0.15) is 13.2 Å². The molecule has 34 heavy (non-hydrogen) atoms. The van der Waals surface area contributed by atoms with Crippen molar-refractivity contribution in [3.63, 3.8) is 0 Å². The van der Waals surface area contributed by atoms with Gasteiger partial charge >= 0.3 is 18.1 Å². The van der Waals surface area contributed by atoms with Gasteiger partial charge in [-0.3, -0.25) is 9.59 Å². The van der Waals surface area contributed by atoms with Gasteiger partial charge < -0.3 is 20.3 Å². The fourth-order valence-corrected chi connectivity index (χ4v) is 5.96. The summed E-state index contributed by atoms with van der Waals surface area (Å²) in [7, 11) is 4.78. The number of carbonyl (C=O) groups excluding carboxylic acids is 1. The first kappa shape index (κ1) is 27.9. The number of ether oxygens (including phenoxy) is 1. The van der Waals surface area contributed by atoms with Crippen molar-refractivity contribution in [2.45, 2.75) is 25.4 Å². The molecular formula is C21H22F3NO6S3. The van der Waals surface area contributed by atoms with Crippen LogP contribution in [0.15, 0.2) is 24.3 Å². The Balaban J connectivity index is 0.000000509. The molecule has 0 saturated carbocycles. The van der Waals surface area contributed by atoms with Crippen molar-refractivity contribution < 1.29 is 42.5 Å². The first-order chi connectivity index (χ1) is 16.0. The molecule has 0 radical (unpaired) electrons. The monoisotopic (exact) mass is 537 g/mol. The highest BCUT2D eigenvalue weighted by Crippen LogP contribution is 2.40. The van der Waals surface area contributed by atoms with Crippen molar-refractivity contribution in [2.24, 2.45) is 0 Å². The van der Waals surface area contributed by atoms with Crippen molar-refractivity contribution in [2.75, 3.05) is 25.2 Å². The summed E-state index contributed by atoms with van der Waals surface area (Å²) < 4.78 is 37.0. The van der Waals surface area contributed by atoms with Crippen LogP contribution in [-0.2, 0) is 22.4 Å². The molecule has 0 saturated heterocycles. The summed E-state index contributed by atoms with van der Waals surface area (Å²) in [6.45, 7) is 0.569. The van der Waals surface area contributed by atoms with Crippen LogP contribution in [0.2, 0.25) is 0 Å². The van der Waals surface area contributed by atoms with Gasteiger partial charge in [-0.25, -0.2) is 4.79 Å². The third-order valence-corrected chi connectivity index (χ3v) is 8.07. The lowest BCUT2D eigenvalue weighted by molar-refractivity contribution is -0.192.